The molecule has 2 aliphatic rings. The summed E-state index contributed by atoms with van der Waals surface area (Å²) in [5, 5.41) is 0. The molecule has 0 bridgehead atoms. The van der Waals surface area contributed by atoms with Gasteiger partial charge >= 0.3 is 0 Å². The zero-order valence-corrected chi connectivity index (χ0v) is 23.2. The van der Waals surface area contributed by atoms with Crippen molar-refractivity contribution in [2.24, 2.45) is 0 Å². The van der Waals surface area contributed by atoms with Gasteiger partial charge in [-0.15, -0.1) is 0 Å². The summed E-state index contributed by atoms with van der Waals surface area (Å²) in [6.07, 6.45) is 21.0. The quantitative estimate of drug-likeness (QED) is 0.256. The van der Waals surface area contributed by atoms with Crippen LogP contribution in [0.4, 0.5) is 0 Å². The summed E-state index contributed by atoms with van der Waals surface area (Å²) < 4.78 is 13.9. The van der Waals surface area contributed by atoms with E-state index in [2.05, 4.69) is 18.4 Å². The summed E-state index contributed by atoms with van der Waals surface area (Å²) in [5.41, 5.74) is 0. The zero-order chi connectivity index (χ0) is 24.6. The van der Waals surface area contributed by atoms with Crippen LogP contribution in [-0.4, -0.2) is 45.9 Å². The fraction of sp³-hybridized carbons (Fsp3) is 1.00. The van der Waals surface area contributed by atoms with Crippen molar-refractivity contribution in [3.05, 3.63) is 0 Å². The summed E-state index contributed by atoms with van der Waals surface area (Å²) in [7, 11) is -4.71. The number of nitrogens with one attached hydrogen (secondary N) is 2. The van der Waals surface area contributed by atoms with E-state index in [1.165, 1.54) is 116 Å². The molecule has 0 spiro atoms. The molecule has 0 atom stereocenters. The molecule has 33 heavy (non-hydrogen) atoms. The first-order valence-electron chi connectivity index (χ1n) is 14.3. The van der Waals surface area contributed by atoms with Crippen molar-refractivity contribution in [2.75, 3.05) is 45.9 Å². The van der Waals surface area contributed by atoms with E-state index in [4.69, 9.17) is 0 Å². The highest BCUT2D eigenvalue weighted by Gasteiger charge is 2.14. The van der Waals surface area contributed by atoms with Gasteiger partial charge in [0, 0.05) is 25.7 Å². The van der Waals surface area contributed by atoms with E-state index in [0.717, 1.165) is 19.3 Å². The predicted molar refractivity (Wildman–Crippen MR) is 136 cm³/mol. The van der Waals surface area contributed by atoms with E-state index < -0.39 is 7.82 Å². The Balaban J connectivity index is 0.000000465. The molecule has 0 aromatic carbocycles. The number of unbranched alkanes of at least 4 members (excludes halogenated alkanes) is 9. The van der Waals surface area contributed by atoms with Gasteiger partial charge in [-0.05, 0) is 32.1 Å². The Labute approximate surface area is 206 Å². The van der Waals surface area contributed by atoms with E-state index in [9.17, 15) is 14.4 Å². The van der Waals surface area contributed by atoms with Gasteiger partial charge in [-0.25, -0.2) is 0 Å². The van der Waals surface area contributed by atoms with E-state index >= 15 is 0 Å². The molecule has 0 aromatic rings. The lowest BCUT2D eigenvalue weighted by Gasteiger charge is -2.28. The molecule has 2 aliphatic heterocycles. The second kappa shape index (κ2) is 23.8. The monoisotopic (exact) mass is 492 g/mol. The van der Waals surface area contributed by atoms with Crippen LogP contribution in [0.5, 0.6) is 0 Å². The van der Waals surface area contributed by atoms with E-state index in [0.29, 0.717) is 6.42 Å². The number of phosphoric acid groups is 1. The van der Waals surface area contributed by atoms with Gasteiger partial charge in [0.05, 0.1) is 53.7 Å². The van der Waals surface area contributed by atoms with Crippen molar-refractivity contribution in [3.8, 4) is 0 Å². The van der Waals surface area contributed by atoms with Gasteiger partial charge in [0.2, 0.25) is 0 Å². The van der Waals surface area contributed by atoms with Gasteiger partial charge in [0.1, 0.15) is 0 Å². The Bertz CT molecular complexity index is 412. The van der Waals surface area contributed by atoms with E-state index in [-0.39, 0.29) is 6.61 Å². The molecule has 2 fully saturated rings. The summed E-state index contributed by atoms with van der Waals surface area (Å²) in [6.45, 7) is 15.3. The Morgan fingerprint density at radius 2 is 0.970 bits per heavy atom. The number of phosphoric ester groups is 1. The van der Waals surface area contributed by atoms with E-state index in [1.807, 2.05) is 16.7 Å². The number of quaternary nitrogens is 2. The Morgan fingerprint density at radius 3 is 1.30 bits per heavy atom. The number of rotatable bonds is 16. The van der Waals surface area contributed by atoms with Crippen molar-refractivity contribution in [1.29, 1.82) is 0 Å². The van der Waals surface area contributed by atoms with Crippen LogP contribution in [0, 0.1) is 0 Å². The second-order valence-electron chi connectivity index (χ2n) is 9.88. The van der Waals surface area contributed by atoms with Gasteiger partial charge in [-0.3, -0.25) is 0 Å². The van der Waals surface area contributed by atoms with Gasteiger partial charge < -0.3 is 28.7 Å². The van der Waals surface area contributed by atoms with Crippen LogP contribution in [-0.2, 0) is 9.09 Å². The van der Waals surface area contributed by atoms with Crippen molar-refractivity contribution < 1.29 is 28.7 Å². The fourth-order valence-corrected chi connectivity index (χ4v) is 4.91. The van der Waals surface area contributed by atoms with Crippen LogP contribution in [0.15, 0.2) is 0 Å². The molecule has 2 rings (SSSR count). The van der Waals surface area contributed by atoms with Gasteiger partial charge in [-0.2, -0.15) is 0 Å². The maximum absolute atomic E-state index is 9.91. The highest BCUT2D eigenvalue weighted by molar-refractivity contribution is 7.43. The summed E-state index contributed by atoms with van der Waals surface area (Å²) in [4.78, 5) is 23.6. The third-order valence-electron chi connectivity index (χ3n) is 6.64. The molecule has 0 radical (unpaired) electrons. The van der Waals surface area contributed by atoms with Crippen LogP contribution >= 0.6 is 7.82 Å². The molecule has 2 saturated heterocycles. The lowest BCUT2D eigenvalue weighted by Crippen LogP contribution is -3.09. The minimum atomic E-state index is -4.71. The Hall–Kier alpha value is 0.0300. The third kappa shape index (κ3) is 24.9. The number of likely N-dealkylation sites (tertiary alicyclic amines) is 2. The topological polar surface area (TPSA) is 81.3 Å². The van der Waals surface area contributed by atoms with Gasteiger partial charge in [0.15, 0.2) is 0 Å². The molecule has 2 heterocycles. The van der Waals surface area contributed by atoms with E-state index in [1.54, 1.807) is 0 Å². The first-order valence-corrected chi connectivity index (χ1v) is 15.7. The molecule has 0 aromatic heterocycles. The molecule has 0 saturated carbocycles. The number of hydrogen-bond acceptors (Lipinski definition) is 4. The first-order chi connectivity index (χ1) is 15.9. The Kier molecular flexibility index (Phi) is 23.8. The molecule has 0 unspecified atom stereocenters. The SMILES string of the molecule is CCCCCCOP(=O)([O-])[O-].CCCCCC[NH+]1CCCC1.CCCCCC[NH+]1CCCC1. The summed E-state index contributed by atoms with van der Waals surface area (Å²) >= 11 is 0. The van der Waals surface area contributed by atoms with Gasteiger partial charge in [-0.1, -0.05) is 65.7 Å². The molecule has 7 heteroatoms. The van der Waals surface area contributed by atoms with Crippen LogP contribution in [0.1, 0.15) is 124 Å². The van der Waals surface area contributed by atoms with Crippen LogP contribution < -0.4 is 19.6 Å². The second-order valence-corrected chi connectivity index (χ2v) is 11.0. The lowest BCUT2D eigenvalue weighted by atomic mass is 10.2. The smallest absolute Gasteiger partial charge is 0.0773 e. The largest absolute Gasteiger partial charge is 0.790 e. The van der Waals surface area contributed by atoms with Crippen molar-refractivity contribution >= 4 is 7.82 Å². The first kappa shape index (κ1) is 33.0. The van der Waals surface area contributed by atoms with Crippen LogP contribution in [0.2, 0.25) is 0 Å². The maximum atomic E-state index is 9.91. The minimum absolute atomic E-state index is 0.0320. The average Bonchev–Trinajstić information content (AvgIpc) is 3.49. The molecule has 6 nitrogen and oxygen atoms in total. The summed E-state index contributed by atoms with van der Waals surface area (Å²) in [6, 6.07) is 0. The molecular weight excluding hydrogens is 435 g/mol. The molecular formula is C26H57N2O4P. The normalized spacial score (nSPS) is 16.9. The van der Waals surface area contributed by atoms with Crippen molar-refractivity contribution in [1.82, 2.24) is 0 Å². The molecule has 2 N–H and O–H groups in total. The molecule has 0 aliphatic carbocycles. The lowest BCUT2D eigenvalue weighted by molar-refractivity contribution is -0.887. The third-order valence-corrected chi connectivity index (χ3v) is 7.14. The van der Waals surface area contributed by atoms with Crippen LogP contribution in [0.3, 0.4) is 0 Å². The Morgan fingerprint density at radius 1 is 0.606 bits per heavy atom. The number of hydrogen-bond donors (Lipinski definition) is 2. The summed E-state index contributed by atoms with van der Waals surface area (Å²) in [5.74, 6) is 0. The zero-order valence-electron chi connectivity index (χ0n) is 22.3. The fourth-order valence-electron chi connectivity index (χ4n) is 4.56. The maximum Gasteiger partial charge on any atom is 0.0773 e. The van der Waals surface area contributed by atoms with Crippen LogP contribution in [0.25, 0.3) is 0 Å². The predicted octanol–water partition coefficient (Wildman–Crippen LogP) is 2.90. The highest BCUT2D eigenvalue weighted by Crippen LogP contribution is 2.24. The highest BCUT2D eigenvalue weighted by atomic mass is 31.2. The minimum Gasteiger partial charge on any atom is -0.790 e. The van der Waals surface area contributed by atoms with Crippen molar-refractivity contribution in [3.63, 3.8) is 0 Å². The molecule has 0 amide bonds. The van der Waals surface area contributed by atoms with Crippen molar-refractivity contribution in [2.45, 2.75) is 124 Å². The molecule has 200 valence electrons. The average molecular weight is 493 g/mol. The standard InChI is InChI=1S/2C10H21N.C6H15O4P/c2*1-2-3-4-5-8-11-9-6-7-10-11;1-2-3-4-5-6-10-11(7,8)9/h2*2-10H2,1H3;2-6H2,1H3,(H2,7,8,9). The van der Waals surface area contributed by atoms with Gasteiger partial charge in [0.25, 0.3) is 0 Å².